The Morgan fingerprint density at radius 3 is 2.74 bits per heavy atom. The molecule has 0 saturated carbocycles. The van der Waals surface area contributed by atoms with Gasteiger partial charge in [0.15, 0.2) is 11.6 Å². The Hall–Kier alpha value is -2.86. The molecular weight excluding hydrogens is 299 g/mol. The largest absolute Gasteiger partial charge is 0.491 e. The lowest BCUT2D eigenvalue weighted by atomic mass is 10.2. The van der Waals surface area contributed by atoms with Crippen LogP contribution in [0, 0.1) is 5.82 Å². The van der Waals surface area contributed by atoms with Gasteiger partial charge in [-0.15, -0.1) is 0 Å². The number of ether oxygens (including phenoxy) is 2. The first-order valence-corrected chi connectivity index (χ1v) is 7.02. The van der Waals surface area contributed by atoms with E-state index in [-0.39, 0.29) is 19.0 Å². The van der Waals surface area contributed by atoms with Crippen molar-refractivity contribution in [3.8, 4) is 17.2 Å². The second-order valence-corrected chi connectivity index (χ2v) is 4.85. The summed E-state index contributed by atoms with van der Waals surface area (Å²) in [6.07, 6.45) is 1.57. The molecule has 3 N–H and O–H groups in total. The van der Waals surface area contributed by atoms with Gasteiger partial charge in [-0.3, -0.25) is 4.98 Å². The number of hydrogen-bond acceptors (Lipinski definition) is 5. The monoisotopic (exact) mass is 314 g/mol. The number of nitrogens with zero attached hydrogens (tertiary/aromatic N) is 1. The number of aromatic nitrogens is 1. The molecule has 1 heterocycles. The summed E-state index contributed by atoms with van der Waals surface area (Å²) in [6, 6.07) is 11.2. The summed E-state index contributed by atoms with van der Waals surface area (Å²) in [7, 11) is 0. The molecule has 6 heteroatoms. The molecule has 2 aromatic carbocycles. The smallest absolute Gasteiger partial charge is 0.167 e. The van der Waals surface area contributed by atoms with Crippen LogP contribution in [-0.4, -0.2) is 23.3 Å². The molecule has 3 rings (SSSR count). The Morgan fingerprint density at radius 1 is 1.09 bits per heavy atom. The molecule has 0 aliphatic rings. The van der Waals surface area contributed by atoms with E-state index in [1.165, 1.54) is 12.1 Å². The first-order valence-electron chi connectivity index (χ1n) is 7.02. The fourth-order valence-electron chi connectivity index (χ4n) is 2.16. The van der Waals surface area contributed by atoms with Gasteiger partial charge in [-0.2, -0.15) is 0 Å². The first kappa shape index (κ1) is 15.1. The highest BCUT2D eigenvalue weighted by Gasteiger charge is 2.09. The van der Waals surface area contributed by atoms with Crippen LogP contribution in [0.25, 0.3) is 10.9 Å². The van der Waals surface area contributed by atoms with Gasteiger partial charge < -0.3 is 20.3 Å². The van der Waals surface area contributed by atoms with Crippen molar-refractivity contribution in [3.63, 3.8) is 0 Å². The Labute approximate surface area is 132 Å². The van der Waals surface area contributed by atoms with E-state index in [0.717, 1.165) is 5.39 Å². The number of fused-ring (bicyclic) bond motifs is 1. The van der Waals surface area contributed by atoms with Crippen LogP contribution in [0.3, 0.4) is 0 Å². The maximum atomic E-state index is 13.9. The zero-order chi connectivity index (χ0) is 16.2. The van der Waals surface area contributed by atoms with Gasteiger partial charge in [-0.05, 0) is 30.3 Å². The lowest BCUT2D eigenvalue weighted by Gasteiger charge is -2.11. The molecule has 0 aliphatic heterocycles. The van der Waals surface area contributed by atoms with Gasteiger partial charge in [0.1, 0.15) is 18.1 Å². The van der Waals surface area contributed by atoms with Gasteiger partial charge in [0.05, 0.1) is 12.1 Å². The van der Waals surface area contributed by atoms with Crippen molar-refractivity contribution >= 4 is 16.6 Å². The van der Waals surface area contributed by atoms with Crippen molar-refractivity contribution in [2.75, 3.05) is 18.9 Å². The summed E-state index contributed by atoms with van der Waals surface area (Å²) in [5.41, 5.74) is 6.51. The van der Waals surface area contributed by atoms with Crippen LogP contribution in [0.5, 0.6) is 17.2 Å². The van der Waals surface area contributed by atoms with Crippen molar-refractivity contribution in [3.05, 3.63) is 54.5 Å². The maximum Gasteiger partial charge on any atom is 0.167 e. The molecule has 0 radical (unpaired) electrons. The molecular formula is C17H15FN2O3. The van der Waals surface area contributed by atoms with Gasteiger partial charge in [0.25, 0.3) is 0 Å². The van der Waals surface area contributed by atoms with E-state index in [9.17, 15) is 4.39 Å². The average molecular weight is 314 g/mol. The predicted octanol–water partition coefficient (Wildman–Crippen LogP) is 3.12. The maximum absolute atomic E-state index is 13.9. The standard InChI is InChI=1S/C17H15FN2O3/c18-14-9-11(19)1-4-17(14)23-16-5-6-20-15-10-12(22-8-7-21)2-3-13(15)16/h1-6,9-10,21H,7-8,19H2. The van der Waals surface area contributed by atoms with Crippen molar-refractivity contribution in [2.24, 2.45) is 0 Å². The van der Waals surface area contributed by atoms with Gasteiger partial charge in [-0.1, -0.05) is 0 Å². The molecule has 3 aromatic rings. The van der Waals surface area contributed by atoms with Crippen molar-refractivity contribution in [1.82, 2.24) is 4.98 Å². The van der Waals surface area contributed by atoms with E-state index in [1.807, 2.05) is 0 Å². The number of anilines is 1. The van der Waals surface area contributed by atoms with Gasteiger partial charge in [0, 0.05) is 29.4 Å². The van der Waals surface area contributed by atoms with Crippen molar-refractivity contribution in [1.29, 1.82) is 0 Å². The van der Waals surface area contributed by atoms with Crippen LogP contribution in [0.1, 0.15) is 0 Å². The summed E-state index contributed by atoms with van der Waals surface area (Å²) in [5.74, 6) is 0.632. The van der Waals surface area contributed by atoms with Crippen molar-refractivity contribution in [2.45, 2.75) is 0 Å². The number of halogens is 1. The Balaban J connectivity index is 1.94. The minimum Gasteiger partial charge on any atom is -0.491 e. The molecule has 0 bridgehead atoms. The lowest BCUT2D eigenvalue weighted by Crippen LogP contribution is -2.01. The normalized spacial score (nSPS) is 10.7. The van der Waals surface area contributed by atoms with E-state index in [0.29, 0.717) is 22.7 Å². The number of hydrogen-bond donors (Lipinski definition) is 2. The minimum atomic E-state index is -0.530. The highest BCUT2D eigenvalue weighted by molar-refractivity contribution is 5.86. The third kappa shape index (κ3) is 3.32. The number of nitrogen functional groups attached to an aromatic ring is 1. The van der Waals surface area contributed by atoms with Gasteiger partial charge in [-0.25, -0.2) is 4.39 Å². The SMILES string of the molecule is Nc1ccc(Oc2ccnc3cc(OCCO)ccc23)c(F)c1. The lowest BCUT2D eigenvalue weighted by molar-refractivity contribution is 0.201. The topological polar surface area (TPSA) is 77.6 Å². The quantitative estimate of drug-likeness (QED) is 0.708. The molecule has 0 aliphatic carbocycles. The van der Waals surface area contributed by atoms with E-state index >= 15 is 0 Å². The van der Waals surface area contributed by atoms with Crippen LogP contribution in [0.4, 0.5) is 10.1 Å². The Morgan fingerprint density at radius 2 is 1.96 bits per heavy atom. The first-order chi connectivity index (χ1) is 11.2. The summed E-state index contributed by atoms with van der Waals surface area (Å²) >= 11 is 0. The Kier molecular flexibility index (Phi) is 4.25. The summed E-state index contributed by atoms with van der Waals surface area (Å²) < 4.78 is 24.9. The summed E-state index contributed by atoms with van der Waals surface area (Å²) in [5, 5.41) is 9.51. The number of pyridine rings is 1. The van der Waals surface area contributed by atoms with E-state index in [1.54, 1.807) is 36.5 Å². The number of aliphatic hydroxyl groups excluding tert-OH is 1. The van der Waals surface area contributed by atoms with Gasteiger partial charge in [0.2, 0.25) is 0 Å². The molecule has 0 atom stereocenters. The molecule has 118 valence electrons. The summed E-state index contributed by atoms with van der Waals surface area (Å²) in [6.45, 7) is 0.142. The van der Waals surface area contributed by atoms with E-state index < -0.39 is 5.82 Å². The second-order valence-electron chi connectivity index (χ2n) is 4.85. The van der Waals surface area contributed by atoms with Crippen molar-refractivity contribution < 1.29 is 19.0 Å². The van der Waals surface area contributed by atoms with E-state index in [4.69, 9.17) is 20.3 Å². The molecule has 5 nitrogen and oxygen atoms in total. The highest BCUT2D eigenvalue weighted by Crippen LogP contribution is 2.32. The number of aliphatic hydroxyl groups is 1. The third-order valence-electron chi connectivity index (χ3n) is 3.21. The second kappa shape index (κ2) is 6.50. The molecule has 1 aromatic heterocycles. The molecule has 0 unspecified atom stereocenters. The van der Waals surface area contributed by atoms with Crippen LogP contribution in [-0.2, 0) is 0 Å². The zero-order valence-electron chi connectivity index (χ0n) is 12.2. The number of rotatable bonds is 5. The Bertz CT molecular complexity index is 839. The van der Waals surface area contributed by atoms with Gasteiger partial charge >= 0.3 is 0 Å². The molecule has 0 saturated heterocycles. The van der Waals surface area contributed by atoms with Crippen LogP contribution in [0.2, 0.25) is 0 Å². The fraction of sp³-hybridized carbons (Fsp3) is 0.118. The molecule has 23 heavy (non-hydrogen) atoms. The molecule has 0 fully saturated rings. The fourth-order valence-corrected chi connectivity index (χ4v) is 2.16. The van der Waals surface area contributed by atoms with Crippen LogP contribution >= 0.6 is 0 Å². The molecule has 0 spiro atoms. The number of nitrogens with two attached hydrogens (primary N) is 1. The number of benzene rings is 2. The summed E-state index contributed by atoms with van der Waals surface area (Å²) in [4.78, 5) is 4.25. The minimum absolute atomic E-state index is 0.0645. The van der Waals surface area contributed by atoms with Crippen LogP contribution in [0.15, 0.2) is 48.7 Å². The van der Waals surface area contributed by atoms with Crippen LogP contribution < -0.4 is 15.2 Å². The average Bonchev–Trinajstić information content (AvgIpc) is 2.55. The third-order valence-corrected chi connectivity index (χ3v) is 3.21. The van der Waals surface area contributed by atoms with E-state index in [2.05, 4.69) is 4.98 Å². The predicted molar refractivity (Wildman–Crippen MR) is 85.2 cm³/mol. The zero-order valence-corrected chi connectivity index (χ0v) is 12.2. The molecule has 0 amide bonds. The highest BCUT2D eigenvalue weighted by atomic mass is 19.1.